The van der Waals surface area contributed by atoms with Gasteiger partial charge in [-0.15, -0.1) is 11.3 Å². The third kappa shape index (κ3) is 3.09. The number of carbonyl (C=O) groups is 1. The lowest BCUT2D eigenvalue weighted by Gasteiger charge is -2.36. The molecule has 0 N–H and O–H groups in total. The van der Waals surface area contributed by atoms with E-state index in [0.29, 0.717) is 18.2 Å². The Balaban J connectivity index is 1.89. The van der Waals surface area contributed by atoms with E-state index in [-0.39, 0.29) is 5.92 Å². The van der Waals surface area contributed by atoms with E-state index in [1.54, 1.807) is 11.3 Å². The van der Waals surface area contributed by atoms with Crippen molar-refractivity contribution in [1.82, 2.24) is 4.90 Å². The molecule has 0 bridgehead atoms. The van der Waals surface area contributed by atoms with Crippen molar-refractivity contribution in [2.75, 3.05) is 13.1 Å². The summed E-state index contributed by atoms with van der Waals surface area (Å²) in [6.45, 7) is 6.13. The van der Waals surface area contributed by atoms with Gasteiger partial charge in [-0.05, 0) is 25.5 Å². The molecule has 0 radical (unpaired) electrons. The lowest BCUT2D eigenvalue weighted by molar-refractivity contribution is -0.127. The fourth-order valence-electron chi connectivity index (χ4n) is 2.33. The largest absolute Gasteiger partial charge is 0.299 e. The van der Waals surface area contributed by atoms with Crippen LogP contribution in [0.1, 0.15) is 25.1 Å². The molecule has 0 aromatic carbocycles. The fraction of sp³-hybridized carbons (Fsp3) is 0.615. The van der Waals surface area contributed by atoms with Gasteiger partial charge < -0.3 is 0 Å². The van der Waals surface area contributed by atoms with Crippen LogP contribution in [0.2, 0.25) is 4.34 Å². The van der Waals surface area contributed by atoms with Crippen LogP contribution in [-0.2, 0) is 11.2 Å². The number of piperidine rings is 1. The summed E-state index contributed by atoms with van der Waals surface area (Å²) < 4.78 is 0.857. The average molecular weight is 272 g/mol. The van der Waals surface area contributed by atoms with Crippen LogP contribution in [0.3, 0.4) is 0 Å². The smallest absolute Gasteiger partial charge is 0.138 e. The monoisotopic (exact) mass is 271 g/mol. The highest BCUT2D eigenvalue weighted by atomic mass is 35.5. The van der Waals surface area contributed by atoms with Crippen molar-refractivity contribution in [3.8, 4) is 0 Å². The number of carbonyl (C=O) groups excluding carboxylic acids is 1. The maximum Gasteiger partial charge on any atom is 0.138 e. The van der Waals surface area contributed by atoms with Crippen LogP contribution in [0.25, 0.3) is 0 Å². The van der Waals surface area contributed by atoms with Crippen LogP contribution < -0.4 is 0 Å². The normalized spacial score (nSPS) is 26.4. The molecule has 17 heavy (non-hydrogen) atoms. The summed E-state index contributed by atoms with van der Waals surface area (Å²) in [7, 11) is 0. The number of hydrogen-bond acceptors (Lipinski definition) is 3. The maximum absolute atomic E-state index is 11.6. The zero-order valence-corrected chi connectivity index (χ0v) is 11.9. The molecule has 1 aromatic heterocycles. The Morgan fingerprint density at radius 3 is 2.88 bits per heavy atom. The number of Topliss-reactive ketones (excluding diaryl/α,β-unsaturated/α-hetero) is 1. The molecule has 2 atom stereocenters. The average Bonchev–Trinajstić information content (AvgIpc) is 2.71. The molecule has 2 rings (SSSR count). The quantitative estimate of drug-likeness (QED) is 0.841. The zero-order chi connectivity index (χ0) is 12.4. The maximum atomic E-state index is 11.6. The second-order valence-corrected chi connectivity index (χ2v) is 6.54. The van der Waals surface area contributed by atoms with Crippen LogP contribution in [0.5, 0.6) is 0 Å². The van der Waals surface area contributed by atoms with E-state index in [0.717, 1.165) is 23.8 Å². The summed E-state index contributed by atoms with van der Waals surface area (Å²) in [6, 6.07) is 4.41. The molecule has 0 spiro atoms. The standard InChI is InChI=1S/C13H18ClNOS/c1-9-10(2)15(8-6-12(9)16)7-5-11-3-4-13(14)17-11/h3-4,9-10H,5-8H2,1-2H3. The van der Waals surface area contributed by atoms with Crippen molar-refractivity contribution < 1.29 is 4.79 Å². The predicted octanol–water partition coefficient (Wildman–Crippen LogP) is 3.24. The molecule has 2 nitrogen and oxygen atoms in total. The van der Waals surface area contributed by atoms with E-state index in [4.69, 9.17) is 11.6 Å². The summed E-state index contributed by atoms with van der Waals surface area (Å²) in [6.07, 6.45) is 1.74. The van der Waals surface area contributed by atoms with Gasteiger partial charge in [0.15, 0.2) is 0 Å². The summed E-state index contributed by atoms with van der Waals surface area (Å²) in [5.41, 5.74) is 0. The highest BCUT2D eigenvalue weighted by molar-refractivity contribution is 7.16. The van der Waals surface area contributed by atoms with Gasteiger partial charge in [0.1, 0.15) is 5.78 Å². The van der Waals surface area contributed by atoms with Crippen LogP contribution in [0.4, 0.5) is 0 Å². The number of hydrogen-bond donors (Lipinski definition) is 0. The SMILES string of the molecule is CC1C(=O)CCN(CCc2ccc(Cl)s2)C1C. The van der Waals surface area contributed by atoms with Crippen molar-refractivity contribution in [3.05, 3.63) is 21.3 Å². The molecule has 2 heterocycles. The molecule has 0 saturated carbocycles. The molecule has 0 aliphatic carbocycles. The highest BCUT2D eigenvalue weighted by Gasteiger charge is 2.30. The minimum absolute atomic E-state index is 0.177. The Morgan fingerprint density at radius 2 is 2.24 bits per heavy atom. The molecule has 94 valence electrons. The Hall–Kier alpha value is -0.380. The van der Waals surface area contributed by atoms with Crippen LogP contribution in [0, 0.1) is 5.92 Å². The molecule has 1 fully saturated rings. The zero-order valence-electron chi connectivity index (χ0n) is 10.3. The van der Waals surface area contributed by atoms with E-state index < -0.39 is 0 Å². The Labute approximate surface area is 112 Å². The van der Waals surface area contributed by atoms with Crippen molar-refractivity contribution in [3.63, 3.8) is 0 Å². The van der Waals surface area contributed by atoms with Crippen molar-refractivity contribution >= 4 is 28.7 Å². The highest BCUT2D eigenvalue weighted by Crippen LogP contribution is 2.24. The van der Waals surface area contributed by atoms with Crippen molar-refractivity contribution in [1.29, 1.82) is 0 Å². The molecule has 1 aliphatic heterocycles. The van der Waals surface area contributed by atoms with Crippen LogP contribution >= 0.6 is 22.9 Å². The van der Waals surface area contributed by atoms with Crippen LogP contribution in [-0.4, -0.2) is 29.8 Å². The minimum atomic E-state index is 0.177. The summed E-state index contributed by atoms with van der Waals surface area (Å²) in [5, 5.41) is 0. The van der Waals surface area contributed by atoms with Gasteiger partial charge in [0, 0.05) is 36.3 Å². The topological polar surface area (TPSA) is 20.3 Å². The minimum Gasteiger partial charge on any atom is -0.299 e. The molecule has 4 heteroatoms. The number of likely N-dealkylation sites (tertiary alicyclic amines) is 1. The molecule has 1 aliphatic rings. The van der Waals surface area contributed by atoms with E-state index in [1.807, 2.05) is 13.0 Å². The number of rotatable bonds is 3. The second kappa shape index (κ2) is 5.51. The van der Waals surface area contributed by atoms with Gasteiger partial charge in [-0.3, -0.25) is 9.69 Å². The Morgan fingerprint density at radius 1 is 1.47 bits per heavy atom. The number of nitrogens with zero attached hydrogens (tertiary/aromatic N) is 1. The third-order valence-electron chi connectivity index (χ3n) is 3.73. The first-order valence-corrected chi connectivity index (χ1v) is 7.28. The van der Waals surface area contributed by atoms with Gasteiger partial charge in [0.05, 0.1) is 4.34 Å². The Bertz CT molecular complexity index is 404. The van der Waals surface area contributed by atoms with E-state index in [1.165, 1.54) is 4.88 Å². The van der Waals surface area contributed by atoms with E-state index in [2.05, 4.69) is 17.9 Å². The first kappa shape index (κ1) is 13.1. The van der Waals surface area contributed by atoms with Gasteiger partial charge in [0.2, 0.25) is 0 Å². The van der Waals surface area contributed by atoms with E-state index >= 15 is 0 Å². The third-order valence-corrected chi connectivity index (χ3v) is 5.02. The first-order valence-electron chi connectivity index (χ1n) is 6.09. The summed E-state index contributed by atoms with van der Waals surface area (Å²) in [5.74, 6) is 0.587. The summed E-state index contributed by atoms with van der Waals surface area (Å²) >= 11 is 7.56. The van der Waals surface area contributed by atoms with Crippen LogP contribution in [0.15, 0.2) is 12.1 Å². The molecule has 1 saturated heterocycles. The van der Waals surface area contributed by atoms with Gasteiger partial charge in [0.25, 0.3) is 0 Å². The molecular weight excluding hydrogens is 254 g/mol. The van der Waals surface area contributed by atoms with Gasteiger partial charge in [-0.25, -0.2) is 0 Å². The molecular formula is C13H18ClNOS. The first-order chi connectivity index (χ1) is 8.08. The number of ketones is 1. The van der Waals surface area contributed by atoms with Gasteiger partial charge in [-0.1, -0.05) is 18.5 Å². The molecule has 2 unspecified atom stereocenters. The van der Waals surface area contributed by atoms with Crippen molar-refractivity contribution in [2.45, 2.75) is 32.7 Å². The number of thiophene rings is 1. The lowest BCUT2D eigenvalue weighted by Crippen LogP contribution is -2.47. The van der Waals surface area contributed by atoms with Crippen molar-refractivity contribution in [2.24, 2.45) is 5.92 Å². The number of halogens is 1. The Kier molecular flexibility index (Phi) is 4.23. The fourth-order valence-corrected chi connectivity index (χ4v) is 3.40. The van der Waals surface area contributed by atoms with E-state index in [9.17, 15) is 4.79 Å². The second-order valence-electron chi connectivity index (χ2n) is 4.74. The summed E-state index contributed by atoms with van der Waals surface area (Å²) in [4.78, 5) is 15.3. The molecule has 1 aromatic rings. The molecule has 0 amide bonds. The van der Waals surface area contributed by atoms with Gasteiger partial charge >= 0.3 is 0 Å². The predicted molar refractivity (Wildman–Crippen MR) is 72.9 cm³/mol. The lowest BCUT2D eigenvalue weighted by atomic mass is 9.90. The van der Waals surface area contributed by atoms with Gasteiger partial charge in [-0.2, -0.15) is 0 Å².